The van der Waals surface area contributed by atoms with Crippen molar-refractivity contribution in [1.82, 2.24) is 25.3 Å². The molecular weight excluding hydrogens is 517 g/mol. The van der Waals surface area contributed by atoms with E-state index in [0.717, 1.165) is 43.5 Å². The molecule has 1 aliphatic rings. The number of guanidine groups is 1. The highest BCUT2D eigenvalue weighted by molar-refractivity contribution is 14.0. The summed E-state index contributed by atoms with van der Waals surface area (Å²) in [6.07, 6.45) is 1.82. The second-order valence-electron chi connectivity index (χ2n) is 6.58. The number of benzene rings is 1. The molecule has 1 saturated heterocycles. The number of piperazine rings is 1. The van der Waals surface area contributed by atoms with Crippen LogP contribution >= 0.6 is 35.6 Å². The number of hydrogen-bond acceptors (Lipinski definition) is 6. The summed E-state index contributed by atoms with van der Waals surface area (Å²) in [5.41, 5.74) is 0.822. The molecule has 10 heteroatoms. The van der Waals surface area contributed by atoms with Crippen LogP contribution in [-0.2, 0) is 6.54 Å². The van der Waals surface area contributed by atoms with E-state index >= 15 is 0 Å². The molecule has 8 nitrogen and oxygen atoms in total. The zero-order valence-corrected chi connectivity index (χ0v) is 19.6. The van der Waals surface area contributed by atoms with E-state index in [-0.39, 0.29) is 24.0 Å². The molecule has 30 heavy (non-hydrogen) atoms. The Kier molecular flexibility index (Phi) is 7.86. The summed E-state index contributed by atoms with van der Waals surface area (Å²) >= 11 is 6.03. The quantitative estimate of drug-likeness (QED) is 0.309. The van der Waals surface area contributed by atoms with E-state index in [1.807, 2.05) is 48.7 Å². The summed E-state index contributed by atoms with van der Waals surface area (Å²) in [6.45, 7) is 3.89. The zero-order valence-electron chi connectivity index (χ0n) is 16.5. The van der Waals surface area contributed by atoms with Gasteiger partial charge in [0, 0.05) is 50.0 Å². The van der Waals surface area contributed by atoms with E-state index in [1.54, 1.807) is 7.05 Å². The third-order valence-electron chi connectivity index (χ3n) is 4.71. The van der Waals surface area contributed by atoms with Gasteiger partial charge in [-0.25, -0.2) is 4.98 Å². The fourth-order valence-corrected chi connectivity index (χ4v) is 3.44. The van der Waals surface area contributed by atoms with Crippen molar-refractivity contribution in [2.24, 2.45) is 4.99 Å². The minimum absolute atomic E-state index is 0. The van der Waals surface area contributed by atoms with E-state index in [0.29, 0.717) is 23.3 Å². The highest BCUT2D eigenvalue weighted by Crippen LogP contribution is 2.20. The number of hydrogen-bond donors (Lipinski definition) is 1. The molecule has 0 radical (unpaired) electrons. The number of rotatable bonds is 4. The van der Waals surface area contributed by atoms with Gasteiger partial charge in [-0.15, -0.1) is 24.0 Å². The number of nitrogens with zero attached hydrogens (tertiary/aromatic N) is 6. The van der Waals surface area contributed by atoms with Crippen LogP contribution in [0.5, 0.6) is 0 Å². The van der Waals surface area contributed by atoms with Gasteiger partial charge in [-0.1, -0.05) is 35.0 Å². The predicted molar refractivity (Wildman–Crippen MR) is 128 cm³/mol. The largest absolute Gasteiger partial charge is 0.353 e. The van der Waals surface area contributed by atoms with Crippen LogP contribution in [0.15, 0.2) is 58.2 Å². The van der Waals surface area contributed by atoms with Crippen molar-refractivity contribution in [2.75, 3.05) is 38.1 Å². The molecule has 4 rings (SSSR count). The molecule has 0 atom stereocenters. The molecule has 0 saturated carbocycles. The van der Waals surface area contributed by atoms with Gasteiger partial charge in [-0.3, -0.25) is 4.99 Å². The SMILES string of the molecule is CN=C(NCc1nc(-c2cccc(Cl)c2)no1)N1CCN(c2ccccn2)CC1.I. The minimum atomic E-state index is 0. The molecule has 0 unspecified atom stereocenters. The van der Waals surface area contributed by atoms with Gasteiger partial charge in [0.25, 0.3) is 0 Å². The van der Waals surface area contributed by atoms with Crippen LogP contribution in [-0.4, -0.2) is 59.2 Å². The lowest BCUT2D eigenvalue weighted by Crippen LogP contribution is -2.52. The first-order chi connectivity index (χ1) is 14.2. The maximum Gasteiger partial charge on any atom is 0.246 e. The van der Waals surface area contributed by atoms with Crippen molar-refractivity contribution in [2.45, 2.75) is 6.54 Å². The third kappa shape index (κ3) is 5.39. The third-order valence-corrected chi connectivity index (χ3v) is 4.95. The van der Waals surface area contributed by atoms with Gasteiger partial charge in [-0.2, -0.15) is 4.98 Å². The highest BCUT2D eigenvalue weighted by Gasteiger charge is 2.20. The Morgan fingerprint density at radius 1 is 1.17 bits per heavy atom. The van der Waals surface area contributed by atoms with Gasteiger partial charge in [0.05, 0.1) is 6.54 Å². The Balaban J connectivity index is 0.00000256. The van der Waals surface area contributed by atoms with Crippen molar-refractivity contribution >= 4 is 47.4 Å². The smallest absolute Gasteiger partial charge is 0.246 e. The molecule has 2 aromatic heterocycles. The number of anilines is 1. The first kappa shape index (κ1) is 22.3. The topological polar surface area (TPSA) is 82.7 Å². The molecule has 0 aliphatic carbocycles. The second-order valence-corrected chi connectivity index (χ2v) is 7.02. The number of aromatic nitrogens is 3. The van der Waals surface area contributed by atoms with E-state index in [1.165, 1.54) is 0 Å². The summed E-state index contributed by atoms with van der Waals surface area (Å²) in [5.74, 6) is 2.83. The molecule has 1 N–H and O–H groups in total. The molecule has 158 valence electrons. The maximum absolute atomic E-state index is 6.03. The predicted octanol–water partition coefficient (Wildman–Crippen LogP) is 3.30. The summed E-state index contributed by atoms with van der Waals surface area (Å²) < 4.78 is 5.36. The lowest BCUT2D eigenvalue weighted by atomic mass is 10.2. The van der Waals surface area contributed by atoms with Gasteiger partial charge in [0.15, 0.2) is 5.96 Å². The molecule has 1 aromatic carbocycles. The lowest BCUT2D eigenvalue weighted by Gasteiger charge is -2.36. The van der Waals surface area contributed by atoms with Gasteiger partial charge in [0.1, 0.15) is 5.82 Å². The van der Waals surface area contributed by atoms with Crippen LogP contribution in [0.1, 0.15) is 5.89 Å². The normalized spacial score (nSPS) is 14.4. The van der Waals surface area contributed by atoms with Crippen molar-refractivity contribution in [3.05, 3.63) is 59.6 Å². The monoisotopic (exact) mass is 539 g/mol. The standard InChI is InChI=1S/C20H22ClN7O.HI/c1-22-20(28-11-9-27(10-12-28)17-7-2-3-8-23-17)24-14-18-25-19(26-29-18)15-5-4-6-16(21)13-15;/h2-8,13H,9-12,14H2,1H3,(H,22,24);1H. The van der Waals surface area contributed by atoms with E-state index in [2.05, 4.69) is 35.2 Å². The van der Waals surface area contributed by atoms with Crippen LogP contribution in [0.4, 0.5) is 5.82 Å². The molecule has 0 amide bonds. The van der Waals surface area contributed by atoms with Crippen LogP contribution in [0.2, 0.25) is 5.02 Å². The van der Waals surface area contributed by atoms with Crippen molar-refractivity contribution in [3.63, 3.8) is 0 Å². The lowest BCUT2D eigenvalue weighted by molar-refractivity contribution is 0.355. The molecule has 0 bridgehead atoms. The maximum atomic E-state index is 6.03. The highest BCUT2D eigenvalue weighted by atomic mass is 127. The van der Waals surface area contributed by atoms with Gasteiger partial charge < -0.3 is 19.6 Å². The molecule has 1 fully saturated rings. The number of aliphatic imine (C=N–C) groups is 1. The Labute approximate surface area is 197 Å². The Morgan fingerprint density at radius 3 is 2.70 bits per heavy atom. The van der Waals surface area contributed by atoms with Crippen LogP contribution in [0.3, 0.4) is 0 Å². The van der Waals surface area contributed by atoms with Gasteiger partial charge in [0.2, 0.25) is 11.7 Å². The van der Waals surface area contributed by atoms with E-state index in [4.69, 9.17) is 16.1 Å². The van der Waals surface area contributed by atoms with Crippen LogP contribution in [0.25, 0.3) is 11.4 Å². The van der Waals surface area contributed by atoms with E-state index in [9.17, 15) is 0 Å². The van der Waals surface area contributed by atoms with Crippen molar-refractivity contribution in [1.29, 1.82) is 0 Å². The first-order valence-corrected chi connectivity index (χ1v) is 9.81. The summed E-state index contributed by atoms with van der Waals surface area (Å²) in [7, 11) is 1.78. The molecule has 3 aromatic rings. The Bertz CT molecular complexity index is 974. The fourth-order valence-electron chi connectivity index (χ4n) is 3.25. The average molecular weight is 540 g/mol. The van der Waals surface area contributed by atoms with Gasteiger partial charge in [-0.05, 0) is 24.3 Å². The molecule has 0 spiro atoms. The number of nitrogens with one attached hydrogen (secondary N) is 1. The fraction of sp³-hybridized carbons (Fsp3) is 0.300. The minimum Gasteiger partial charge on any atom is -0.353 e. The average Bonchev–Trinajstić information content (AvgIpc) is 3.24. The van der Waals surface area contributed by atoms with Gasteiger partial charge >= 0.3 is 0 Å². The Morgan fingerprint density at radius 2 is 2.00 bits per heavy atom. The summed E-state index contributed by atoms with van der Waals surface area (Å²) in [6, 6.07) is 13.4. The van der Waals surface area contributed by atoms with Crippen LogP contribution in [0, 0.1) is 0 Å². The Hall–Kier alpha value is -2.40. The number of pyridine rings is 1. The second kappa shape index (κ2) is 10.6. The van der Waals surface area contributed by atoms with Crippen molar-refractivity contribution in [3.8, 4) is 11.4 Å². The zero-order chi connectivity index (χ0) is 20.1. The van der Waals surface area contributed by atoms with E-state index < -0.39 is 0 Å². The molecule has 3 heterocycles. The van der Waals surface area contributed by atoms with Crippen LogP contribution < -0.4 is 10.2 Å². The molecule has 1 aliphatic heterocycles. The first-order valence-electron chi connectivity index (χ1n) is 9.43. The van der Waals surface area contributed by atoms with Crippen molar-refractivity contribution < 1.29 is 4.52 Å². The summed E-state index contributed by atoms with van der Waals surface area (Å²) in [5, 5.41) is 7.98. The number of halogens is 2. The molecular formula is C20H23ClIN7O. The summed E-state index contributed by atoms with van der Waals surface area (Å²) in [4.78, 5) is 17.7.